The van der Waals surface area contributed by atoms with Gasteiger partial charge < -0.3 is 5.11 Å². The fourth-order valence-corrected chi connectivity index (χ4v) is 5.19. The predicted octanol–water partition coefficient (Wildman–Crippen LogP) is 6.70. The van der Waals surface area contributed by atoms with E-state index in [9.17, 15) is 5.11 Å². The number of thioether (sulfide) groups is 2. The normalized spacial score (nSPS) is 11.3. The molecule has 0 aliphatic heterocycles. The van der Waals surface area contributed by atoms with Crippen molar-refractivity contribution >= 4 is 34.6 Å². The quantitative estimate of drug-likeness (QED) is 0.242. The molecule has 0 spiro atoms. The van der Waals surface area contributed by atoms with Crippen LogP contribution >= 0.6 is 23.5 Å². The Labute approximate surface area is 182 Å². The molecule has 4 nitrogen and oxygen atoms in total. The molecule has 2 aromatic carbocycles. The number of fused-ring (bicyclic) bond motifs is 1. The van der Waals surface area contributed by atoms with Gasteiger partial charge in [-0.2, -0.15) is 11.8 Å². The number of rotatable bonds is 13. The molecule has 0 saturated heterocycles. The molecule has 0 aliphatic carbocycles. The average Bonchev–Trinajstić information content (AvgIpc) is 3.16. The van der Waals surface area contributed by atoms with Gasteiger partial charge >= 0.3 is 0 Å². The van der Waals surface area contributed by atoms with Crippen LogP contribution in [0.25, 0.3) is 16.7 Å². The summed E-state index contributed by atoms with van der Waals surface area (Å²) in [5, 5.41) is 19.3. The Balaban J connectivity index is 1.36. The van der Waals surface area contributed by atoms with Crippen molar-refractivity contribution in [2.45, 2.75) is 56.8 Å². The van der Waals surface area contributed by atoms with Crippen LogP contribution in [0.3, 0.4) is 0 Å². The largest absolute Gasteiger partial charge is 0.506 e. The molecule has 3 rings (SSSR count). The number of aromatic nitrogens is 3. The van der Waals surface area contributed by atoms with E-state index in [0.29, 0.717) is 5.69 Å². The molecule has 0 amide bonds. The number of hydrogen-bond acceptors (Lipinski definition) is 5. The molecule has 1 heterocycles. The summed E-state index contributed by atoms with van der Waals surface area (Å²) in [6, 6.07) is 13.5. The van der Waals surface area contributed by atoms with Crippen LogP contribution < -0.4 is 0 Å². The number of phenols is 1. The highest BCUT2D eigenvalue weighted by Gasteiger charge is 2.09. The summed E-state index contributed by atoms with van der Waals surface area (Å²) in [7, 11) is 0. The fourth-order valence-electron chi connectivity index (χ4n) is 3.17. The summed E-state index contributed by atoms with van der Waals surface area (Å²) in [6.07, 6.45) is 9.44. The van der Waals surface area contributed by atoms with E-state index in [1.165, 1.54) is 61.2 Å². The van der Waals surface area contributed by atoms with E-state index in [2.05, 4.69) is 28.9 Å². The van der Waals surface area contributed by atoms with Crippen LogP contribution in [0.5, 0.6) is 5.75 Å². The highest BCUT2D eigenvalue weighted by atomic mass is 32.2. The van der Waals surface area contributed by atoms with E-state index < -0.39 is 0 Å². The predicted molar refractivity (Wildman–Crippen MR) is 127 cm³/mol. The van der Waals surface area contributed by atoms with Gasteiger partial charge in [-0.3, -0.25) is 0 Å². The van der Waals surface area contributed by atoms with Crippen molar-refractivity contribution in [3.8, 4) is 11.4 Å². The summed E-state index contributed by atoms with van der Waals surface area (Å²) >= 11 is 3.87. The zero-order valence-electron chi connectivity index (χ0n) is 17.2. The van der Waals surface area contributed by atoms with Gasteiger partial charge in [0.2, 0.25) is 0 Å². The van der Waals surface area contributed by atoms with Crippen molar-refractivity contribution in [2.24, 2.45) is 0 Å². The number of hydrogen-bond donors (Lipinski definition) is 1. The molecule has 0 saturated carbocycles. The third-order valence-electron chi connectivity index (χ3n) is 4.79. The second kappa shape index (κ2) is 12.1. The minimum atomic E-state index is 0.216. The standard InChI is InChI=1S/C23H31N3OS2/c1-2-3-4-5-6-9-15-28-16-10-17-29-19-13-14-22(23(27)18-19)26-24-20-11-7-8-12-21(20)25-26/h7-8,11-14,18,27H,2-6,9-10,15-17H2,1H3. The summed E-state index contributed by atoms with van der Waals surface area (Å²) in [6.45, 7) is 2.27. The third-order valence-corrected chi connectivity index (χ3v) is 7.03. The minimum absolute atomic E-state index is 0.216. The van der Waals surface area contributed by atoms with Crippen LogP contribution in [-0.4, -0.2) is 37.4 Å². The highest BCUT2D eigenvalue weighted by Crippen LogP contribution is 2.29. The molecular formula is C23H31N3OS2. The van der Waals surface area contributed by atoms with Crippen molar-refractivity contribution in [3.05, 3.63) is 42.5 Å². The minimum Gasteiger partial charge on any atom is -0.506 e. The van der Waals surface area contributed by atoms with E-state index in [0.717, 1.165) is 21.7 Å². The van der Waals surface area contributed by atoms with Gasteiger partial charge in [0.15, 0.2) is 0 Å². The monoisotopic (exact) mass is 429 g/mol. The Morgan fingerprint density at radius 3 is 2.24 bits per heavy atom. The number of phenolic OH excluding ortho intramolecular Hbond substituents is 1. The Bertz CT molecular complexity index is 848. The van der Waals surface area contributed by atoms with Crippen molar-refractivity contribution in [2.75, 3.05) is 17.3 Å². The smallest absolute Gasteiger partial charge is 0.144 e. The fraction of sp³-hybridized carbons (Fsp3) is 0.478. The zero-order valence-corrected chi connectivity index (χ0v) is 18.9. The number of benzene rings is 2. The number of nitrogens with zero attached hydrogens (tertiary/aromatic N) is 3. The van der Waals surface area contributed by atoms with E-state index >= 15 is 0 Å². The Morgan fingerprint density at radius 1 is 0.828 bits per heavy atom. The number of aromatic hydroxyl groups is 1. The van der Waals surface area contributed by atoms with Crippen LogP contribution in [0.1, 0.15) is 51.9 Å². The van der Waals surface area contributed by atoms with Gasteiger partial charge in [0, 0.05) is 4.90 Å². The van der Waals surface area contributed by atoms with Crippen LogP contribution in [-0.2, 0) is 0 Å². The van der Waals surface area contributed by atoms with Crippen molar-refractivity contribution in [3.63, 3.8) is 0 Å². The van der Waals surface area contributed by atoms with Crippen LogP contribution in [0.15, 0.2) is 47.4 Å². The molecule has 6 heteroatoms. The van der Waals surface area contributed by atoms with Gasteiger partial charge in [0.25, 0.3) is 0 Å². The van der Waals surface area contributed by atoms with Crippen molar-refractivity contribution in [1.82, 2.24) is 15.0 Å². The molecule has 1 aromatic heterocycles. The van der Waals surface area contributed by atoms with Crippen LogP contribution in [0.2, 0.25) is 0 Å². The molecule has 1 N–H and O–H groups in total. The lowest BCUT2D eigenvalue weighted by atomic mass is 10.1. The lowest BCUT2D eigenvalue weighted by Gasteiger charge is -2.06. The maximum atomic E-state index is 10.4. The third kappa shape index (κ3) is 6.96. The molecule has 0 atom stereocenters. The first kappa shape index (κ1) is 22.0. The summed E-state index contributed by atoms with van der Waals surface area (Å²) in [4.78, 5) is 2.59. The summed E-state index contributed by atoms with van der Waals surface area (Å²) in [5.74, 6) is 3.80. The lowest BCUT2D eigenvalue weighted by Crippen LogP contribution is -1.99. The Kier molecular flexibility index (Phi) is 9.22. The van der Waals surface area contributed by atoms with Gasteiger partial charge in [-0.1, -0.05) is 51.2 Å². The molecule has 0 bridgehead atoms. The lowest BCUT2D eigenvalue weighted by molar-refractivity contribution is 0.466. The maximum Gasteiger partial charge on any atom is 0.144 e. The van der Waals surface area contributed by atoms with Gasteiger partial charge in [-0.15, -0.1) is 26.8 Å². The maximum absolute atomic E-state index is 10.4. The van der Waals surface area contributed by atoms with E-state index in [1.54, 1.807) is 11.8 Å². The second-order valence-electron chi connectivity index (χ2n) is 7.21. The first-order valence-corrected chi connectivity index (χ1v) is 12.8. The molecule has 0 unspecified atom stereocenters. The van der Waals surface area contributed by atoms with Gasteiger partial charge in [0.05, 0.1) is 0 Å². The molecule has 156 valence electrons. The van der Waals surface area contributed by atoms with Gasteiger partial charge in [0.1, 0.15) is 22.5 Å². The highest BCUT2D eigenvalue weighted by molar-refractivity contribution is 8.00. The van der Waals surface area contributed by atoms with Crippen LogP contribution in [0.4, 0.5) is 0 Å². The topological polar surface area (TPSA) is 50.9 Å². The van der Waals surface area contributed by atoms with E-state index in [-0.39, 0.29) is 5.75 Å². The Hall–Kier alpha value is -1.66. The zero-order chi connectivity index (χ0) is 20.3. The Morgan fingerprint density at radius 2 is 1.52 bits per heavy atom. The average molecular weight is 430 g/mol. The summed E-state index contributed by atoms with van der Waals surface area (Å²) in [5.41, 5.74) is 2.26. The molecular weight excluding hydrogens is 398 g/mol. The van der Waals surface area contributed by atoms with Crippen LogP contribution in [0, 0.1) is 0 Å². The second-order valence-corrected chi connectivity index (χ2v) is 9.60. The molecule has 0 aliphatic rings. The molecule has 3 aromatic rings. The SMILES string of the molecule is CCCCCCCCSCCCSc1ccc(-n2nc3ccccc3n2)c(O)c1. The van der Waals surface area contributed by atoms with Gasteiger partial charge in [-0.25, -0.2) is 0 Å². The first-order valence-electron chi connectivity index (χ1n) is 10.6. The van der Waals surface area contributed by atoms with Crippen molar-refractivity contribution in [1.29, 1.82) is 0 Å². The molecule has 0 radical (unpaired) electrons. The first-order chi connectivity index (χ1) is 14.3. The molecule has 29 heavy (non-hydrogen) atoms. The summed E-state index contributed by atoms with van der Waals surface area (Å²) < 4.78 is 0. The van der Waals surface area contributed by atoms with Crippen molar-refractivity contribution < 1.29 is 5.11 Å². The van der Waals surface area contributed by atoms with E-state index in [4.69, 9.17) is 0 Å². The molecule has 0 fully saturated rings. The van der Waals surface area contributed by atoms with Gasteiger partial charge in [-0.05, 0) is 60.4 Å². The number of unbranched alkanes of at least 4 members (excludes halogenated alkanes) is 5. The van der Waals surface area contributed by atoms with E-state index in [1.807, 2.05) is 42.5 Å².